The SMILES string of the molecule is Cc1nc2sccn2c1CCC(=O)O. The molecule has 74 valence electrons. The van der Waals surface area contributed by atoms with Crippen LogP contribution in [0.2, 0.25) is 0 Å². The molecule has 4 nitrogen and oxygen atoms in total. The average Bonchev–Trinajstić information content (AvgIpc) is 2.61. The van der Waals surface area contributed by atoms with Crippen LogP contribution in [0.1, 0.15) is 17.8 Å². The molecule has 0 aliphatic rings. The van der Waals surface area contributed by atoms with Crippen LogP contribution < -0.4 is 0 Å². The number of carbonyl (C=O) groups is 1. The van der Waals surface area contributed by atoms with Crippen molar-refractivity contribution in [2.45, 2.75) is 19.8 Å². The minimum absolute atomic E-state index is 0.157. The molecule has 2 heterocycles. The predicted molar refractivity (Wildman–Crippen MR) is 53.8 cm³/mol. The van der Waals surface area contributed by atoms with Gasteiger partial charge in [-0.1, -0.05) is 0 Å². The van der Waals surface area contributed by atoms with Gasteiger partial charge in [0.2, 0.25) is 0 Å². The number of rotatable bonds is 3. The first kappa shape index (κ1) is 9.21. The van der Waals surface area contributed by atoms with Gasteiger partial charge >= 0.3 is 5.97 Å². The van der Waals surface area contributed by atoms with Crippen molar-refractivity contribution < 1.29 is 9.90 Å². The summed E-state index contributed by atoms with van der Waals surface area (Å²) in [6, 6.07) is 0. The highest BCUT2D eigenvalue weighted by molar-refractivity contribution is 7.15. The van der Waals surface area contributed by atoms with E-state index in [2.05, 4.69) is 4.98 Å². The lowest BCUT2D eigenvalue weighted by Gasteiger charge is -1.97. The summed E-state index contributed by atoms with van der Waals surface area (Å²) in [4.78, 5) is 15.7. The van der Waals surface area contributed by atoms with E-state index < -0.39 is 5.97 Å². The molecule has 0 fully saturated rings. The van der Waals surface area contributed by atoms with Crippen LogP contribution in [0.15, 0.2) is 11.6 Å². The number of hydrogen-bond acceptors (Lipinski definition) is 3. The molecule has 0 saturated heterocycles. The van der Waals surface area contributed by atoms with E-state index in [0.717, 1.165) is 16.3 Å². The van der Waals surface area contributed by atoms with Crippen LogP contribution in [0.3, 0.4) is 0 Å². The smallest absolute Gasteiger partial charge is 0.303 e. The molecule has 5 heteroatoms. The van der Waals surface area contributed by atoms with Gasteiger partial charge in [-0.15, -0.1) is 11.3 Å². The Kier molecular flexibility index (Phi) is 2.25. The third-order valence-corrected chi connectivity index (χ3v) is 2.89. The number of hydrogen-bond donors (Lipinski definition) is 1. The number of aromatic nitrogens is 2. The average molecular weight is 210 g/mol. The van der Waals surface area contributed by atoms with Gasteiger partial charge in [0.25, 0.3) is 0 Å². The second kappa shape index (κ2) is 3.42. The summed E-state index contributed by atoms with van der Waals surface area (Å²) in [6.45, 7) is 1.91. The number of carboxylic acid groups (broad SMARTS) is 1. The van der Waals surface area contributed by atoms with Gasteiger partial charge in [0, 0.05) is 23.7 Å². The standard InChI is InChI=1S/C9H10N2O2S/c1-6-7(2-3-8(12)13)11-4-5-14-9(11)10-6/h4-5H,2-3H2,1H3,(H,12,13). The molecule has 0 aromatic carbocycles. The van der Waals surface area contributed by atoms with Crippen molar-refractivity contribution in [2.75, 3.05) is 0 Å². The minimum atomic E-state index is -0.769. The zero-order chi connectivity index (χ0) is 10.1. The van der Waals surface area contributed by atoms with Crippen LogP contribution in [0.5, 0.6) is 0 Å². The molecular weight excluding hydrogens is 200 g/mol. The lowest BCUT2D eigenvalue weighted by molar-refractivity contribution is -0.136. The molecule has 0 radical (unpaired) electrons. The predicted octanol–water partition coefficient (Wildman–Crippen LogP) is 1.72. The highest BCUT2D eigenvalue weighted by atomic mass is 32.1. The molecule has 2 aromatic heterocycles. The van der Waals surface area contributed by atoms with Gasteiger partial charge in [0.15, 0.2) is 4.96 Å². The summed E-state index contributed by atoms with van der Waals surface area (Å²) in [5, 5.41) is 10.5. The molecule has 14 heavy (non-hydrogen) atoms. The van der Waals surface area contributed by atoms with Crippen LogP contribution in [0.4, 0.5) is 0 Å². The number of carboxylic acids is 1. The molecule has 2 rings (SSSR count). The topological polar surface area (TPSA) is 54.6 Å². The Bertz CT molecular complexity index is 472. The monoisotopic (exact) mass is 210 g/mol. The third-order valence-electron chi connectivity index (χ3n) is 2.14. The Balaban J connectivity index is 2.34. The van der Waals surface area contributed by atoms with Crippen molar-refractivity contribution in [2.24, 2.45) is 0 Å². The van der Waals surface area contributed by atoms with Crippen LogP contribution >= 0.6 is 11.3 Å². The number of fused-ring (bicyclic) bond motifs is 1. The first-order valence-electron chi connectivity index (χ1n) is 4.31. The van der Waals surface area contributed by atoms with Crippen LogP contribution in [0, 0.1) is 6.92 Å². The van der Waals surface area contributed by atoms with Crippen molar-refractivity contribution in [3.63, 3.8) is 0 Å². The Labute approximate surface area is 84.8 Å². The fourth-order valence-corrected chi connectivity index (χ4v) is 2.25. The number of aryl methyl sites for hydroxylation is 2. The fraction of sp³-hybridized carbons (Fsp3) is 0.333. The second-order valence-electron chi connectivity index (χ2n) is 3.09. The van der Waals surface area contributed by atoms with Crippen LogP contribution in [0.25, 0.3) is 4.96 Å². The van der Waals surface area contributed by atoms with Crippen molar-refractivity contribution in [3.05, 3.63) is 23.0 Å². The lowest BCUT2D eigenvalue weighted by atomic mass is 10.2. The van der Waals surface area contributed by atoms with E-state index in [1.54, 1.807) is 11.3 Å². The fourth-order valence-electron chi connectivity index (χ4n) is 1.47. The molecule has 0 spiro atoms. The maximum Gasteiger partial charge on any atom is 0.303 e. The molecule has 0 unspecified atom stereocenters. The maximum atomic E-state index is 10.5. The molecular formula is C9H10N2O2S. The van der Waals surface area contributed by atoms with E-state index in [9.17, 15) is 4.79 Å². The molecule has 0 atom stereocenters. The largest absolute Gasteiger partial charge is 0.481 e. The molecule has 0 aliphatic heterocycles. The van der Waals surface area contributed by atoms with E-state index in [0.29, 0.717) is 6.42 Å². The summed E-state index contributed by atoms with van der Waals surface area (Å²) in [6.07, 6.45) is 2.63. The number of imidazole rings is 1. The van der Waals surface area contributed by atoms with Crippen LogP contribution in [-0.2, 0) is 11.2 Å². The molecule has 0 saturated carbocycles. The number of thiazole rings is 1. The first-order chi connectivity index (χ1) is 6.68. The molecule has 2 aromatic rings. The van der Waals surface area contributed by atoms with Crippen molar-refractivity contribution in [1.82, 2.24) is 9.38 Å². The summed E-state index contributed by atoms with van der Waals surface area (Å²) in [5.74, 6) is -0.769. The van der Waals surface area contributed by atoms with E-state index in [4.69, 9.17) is 5.11 Å². The number of nitrogens with zero attached hydrogens (tertiary/aromatic N) is 2. The van der Waals surface area contributed by atoms with E-state index in [1.807, 2.05) is 22.9 Å². The highest BCUT2D eigenvalue weighted by Crippen LogP contribution is 2.17. The Hall–Kier alpha value is -1.36. The molecule has 0 bridgehead atoms. The maximum absolute atomic E-state index is 10.5. The molecule has 0 aliphatic carbocycles. The van der Waals surface area contributed by atoms with Gasteiger partial charge in [-0.2, -0.15) is 0 Å². The zero-order valence-electron chi connectivity index (χ0n) is 7.73. The summed E-state index contributed by atoms with van der Waals surface area (Å²) in [5.41, 5.74) is 1.93. The van der Waals surface area contributed by atoms with E-state index in [-0.39, 0.29) is 6.42 Å². The zero-order valence-corrected chi connectivity index (χ0v) is 8.54. The van der Waals surface area contributed by atoms with E-state index >= 15 is 0 Å². The first-order valence-corrected chi connectivity index (χ1v) is 5.19. The lowest BCUT2D eigenvalue weighted by Crippen LogP contribution is -2.00. The van der Waals surface area contributed by atoms with Crippen molar-refractivity contribution >= 4 is 22.3 Å². The second-order valence-corrected chi connectivity index (χ2v) is 3.97. The Morgan fingerprint density at radius 1 is 1.71 bits per heavy atom. The summed E-state index contributed by atoms with van der Waals surface area (Å²) < 4.78 is 1.96. The summed E-state index contributed by atoms with van der Waals surface area (Å²) in [7, 11) is 0. The van der Waals surface area contributed by atoms with Gasteiger partial charge in [-0.25, -0.2) is 4.98 Å². The van der Waals surface area contributed by atoms with Crippen molar-refractivity contribution in [3.8, 4) is 0 Å². The summed E-state index contributed by atoms with van der Waals surface area (Å²) >= 11 is 1.56. The van der Waals surface area contributed by atoms with Gasteiger partial charge in [-0.05, 0) is 6.92 Å². The third kappa shape index (κ3) is 1.50. The quantitative estimate of drug-likeness (QED) is 0.839. The van der Waals surface area contributed by atoms with E-state index in [1.165, 1.54) is 0 Å². The highest BCUT2D eigenvalue weighted by Gasteiger charge is 2.10. The normalized spacial score (nSPS) is 10.9. The number of aliphatic carboxylic acids is 1. The minimum Gasteiger partial charge on any atom is -0.481 e. The van der Waals surface area contributed by atoms with Gasteiger partial charge in [0.05, 0.1) is 12.1 Å². The Morgan fingerprint density at radius 2 is 2.50 bits per heavy atom. The molecule has 0 amide bonds. The molecule has 1 N–H and O–H groups in total. The van der Waals surface area contributed by atoms with Gasteiger partial charge < -0.3 is 5.11 Å². The van der Waals surface area contributed by atoms with Gasteiger partial charge in [0.1, 0.15) is 0 Å². The Morgan fingerprint density at radius 3 is 3.21 bits per heavy atom. The van der Waals surface area contributed by atoms with Gasteiger partial charge in [-0.3, -0.25) is 9.20 Å². The van der Waals surface area contributed by atoms with Crippen LogP contribution in [-0.4, -0.2) is 20.5 Å². The van der Waals surface area contributed by atoms with Crippen molar-refractivity contribution in [1.29, 1.82) is 0 Å².